The fraction of sp³-hybridized carbons (Fsp3) is 0.882. The number of hydrogen-bond donors (Lipinski definition) is 1. The summed E-state index contributed by atoms with van der Waals surface area (Å²) in [5.74, 6) is 1.01. The highest BCUT2D eigenvalue weighted by Crippen LogP contribution is 2.29. The molecule has 1 heterocycles. The van der Waals surface area contributed by atoms with Crippen molar-refractivity contribution >= 4 is 11.8 Å². The van der Waals surface area contributed by atoms with Crippen molar-refractivity contribution < 1.29 is 9.59 Å². The SMILES string of the molecule is CCC(CC)CN1C(=O)C(C2CCCCC2)NC(=O)C1C. The third kappa shape index (κ3) is 3.58. The largest absolute Gasteiger partial charge is 0.342 e. The summed E-state index contributed by atoms with van der Waals surface area (Å²) in [5, 5.41) is 2.99. The van der Waals surface area contributed by atoms with E-state index in [1.165, 1.54) is 19.3 Å². The molecule has 1 aliphatic heterocycles. The number of amides is 2. The van der Waals surface area contributed by atoms with Crippen molar-refractivity contribution in [1.29, 1.82) is 0 Å². The molecule has 1 N–H and O–H groups in total. The summed E-state index contributed by atoms with van der Waals surface area (Å²) in [6, 6.07) is -0.596. The predicted molar refractivity (Wildman–Crippen MR) is 83.8 cm³/mol. The lowest BCUT2D eigenvalue weighted by atomic mass is 9.82. The maximum absolute atomic E-state index is 12.9. The van der Waals surface area contributed by atoms with Crippen LogP contribution in [0.5, 0.6) is 0 Å². The standard InChI is InChI=1S/C17H30N2O2/c1-4-13(5-2)11-19-12(3)16(20)18-15(17(19)21)14-9-7-6-8-10-14/h12-15H,4-11H2,1-3H3,(H,18,20). The summed E-state index contributed by atoms with van der Waals surface area (Å²) >= 11 is 0. The van der Waals surface area contributed by atoms with Crippen LogP contribution in [0.25, 0.3) is 0 Å². The van der Waals surface area contributed by atoms with Gasteiger partial charge in [-0.2, -0.15) is 0 Å². The minimum absolute atomic E-state index is 0.0242. The third-order valence-electron chi connectivity index (χ3n) is 5.42. The minimum Gasteiger partial charge on any atom is -0.342 e. The molecule has 2 unspecified atom stereocenters. The Balaban J connectivity index is 2.10. The highest BCUT2D eigenvalue weighted by atomic mass is 16.2. The monoisotopic (exact) mass is 294 g/mol. The summed E-state index contributed by atoms with van der Waals surface area (Å²) in [6.07, 6.45) is 7.90. The highest BCUT2D eigenvalue weighted by Gasteiger charge is 2.42. The summed E-state index contributed by atoms with van der Waals surface area (Å²) in [5.41, 5.74) is 0. The lowest BCUT2D eigenvalue weighted by Gasteiger charge is -2.42. The average Bonchev–Trinajstić information content (AvgIpc) is 2.52. The van der Waals surface area contributed by atoms with Crippen molar-refractivity contribution in [1.82, 2.24) is 10.2 Å². The first-order chi connectivity index (χ1) is 10.1. The second-order valence-corrected chi connectivity index (χ2v) is 6.73. The van der Waals surface area contributed by atoms with Gasteiger partial charge >= 0.3 is 0 Å². The Morgan fingerprint density at radius 3 is 2.33 bits per heavy atom. The zero-order valence-electron chi connectivity index (χ0n) is 13.7. The summed E-state index contributed by atoms with van der Waals surface area (Å²) in [6.45, 7) is 6.90. The predicted octanol–water partition coefficient (Wildman–Crippen LogP) is 2.72. The summed E-state index contributed by atoms with van der Waals surface area (Å²) in [7, 11) is 0. The van der Waals surface area contributed by atoms with Gasteiger partial charge in [0, 0.05) is 6.54 Å². The number of rotatable bonds is 5. The molecule has 1 saturated heterocycles. The number of carbonyl (C=O) groups is 2. The lowest BCUT2D eigenvalue weighted by Crippen LogP contribution is -2.65. The first-order valence-corrected chi connectivity index (χ1v) is 8.69. The molecule has 1 aliphatic carbocycles. The first-order valence-electron chi connectivity index (χ1n) is 8.69. The van der Waals surface area contributed by atoms with Gasteiger partial charge in [0.05, 0.1) is 0 Å². The zero-order chi connectivity index (χ0) is 15.4. The molecule has 21 heavy (non-hydrogen) atoms. The normalized spacial score (nSPS) is 28.1. The molecule has 2 amide bonds. The van der Waals surface area contributed by atoms with Crippen LogP contribution in [0.15, 0.2) is 0 Å². The number of nitrogens with one attached hydrogen (secondary N) is 1. The molecule has 2 atom stereocenters. The van der Waals surface area contributed by atoms with Crippen LogP contribution < -0.4 is 5.32 Å². The number of piperazine rings is 1. The second-order valence-electron chi connectivity index (χ2n) is 6.73. The number of nitrogens with zero attached hydrogens (tertiary/aromatic N) is 1. The van der Waals surface area contributed by atoms with Crippen LogP contribution in [-0.4, -0.2) is 35.3 Å². The van der Waals surface area contributed by atoms with E-state index in [0.717, 1.165) is 32.2 Å². The van der Waals surface area contributed by atoms with Crippen LogP contribution in [0.1, 0.15) is 65.7 Å². The van der Waals surface area contributed by atoms with Crippen LogP contribution in [0, 0.1) is 11.8 Å². The fourth-order valence-electron chi connectivity index (χ4n) is 3.71. The number of hydrogen-bond acceptors (Lipinski definition) is 2. The van der Waals surface area contributed by atoms with Crippen molar-refractivity contribution in [2.24, 2.45) is 11.8 Å². The Labute approximate surface area is 128 Å². The van der Waals surface area contributed by atoms with E-state index in [1.807, 2.05) is 11.8 Å². The average molecular weight is 294 g/mol. The van der Waals surface area contributed by atoms with Gasteiger partial charge in [-0.25, -0.2) is 0 Å². The Morgan fingerprint density at radius 2 is 1.76 bits per heavy atom. The minimum atomic E-state index is -0.321. The number of carbonyl (C=O) groups excluding carboxylic acids is 2. The van der Waals surface area contributed by atoms with Crippen molar-refractivity contribution in [3.63, 3.8) is 0 Å². The molecule has 0 aromatic heterocycles. The van der Waals surface area contributed by atoms with E-state index in [1.54, 1.807) is 0 Å². The molecule has 4 heteroatoms. The van der Waals surface area contributed by atoms with E-state index in [2.05, 4.69) is 19.2 Å². The Hall–Kier alpha value is -1.06. The fourth-order valence-corrected chi connectivity index (χ4v) is 3.71. The van der Waals surface area contributed by atoms with E-state index in [4.69, 9.17) is 0 Å². The summed E-state index contributed by atoms with van der Waals surface area (Å²) in [4.78, 5) is 27.0. The van der Waals surface area contributed by atoms with Gasteiger partial charge in [-0.1, -0.05) is 46.0 Å². The Kier molecular flexibility index (Phi) is 5.65. The summed E-state index contributed by atoms with van der Waals surface area (Å²) < 4.78 is 0. The van der Waals surface area contributed by atoms with Gasteiger partial charge in [0.15, 0.2) is 0 Å². The van der Waals surface area contributed by atoms with Gasteiger partial charge in [0.25, 0.3) is 0 Å². The van der Waals surface area contributed by atoms with Crippen LogP contribution in [0.4, 0.5) is 0 Å². The van der Waals surface area contributed by atoms with E-state index in [-0.39, 0.29) is 23.9 Å². The van der Waals surface area contributed by atoms with Crippen LogP contribution >= 0.6 is 0 Å². The van der Waals surface area contributed by atoms with E-state index in [0.29, 0.717) is 11.8 Å². The smallest absolute Gasteiger partial charge is 0.246 e. The maximum Gasteiger partial charge on any atom is 0.246 e. The highest BCUT2D eigenvalue weighted by molar-refractivity contribution is 5.96. The van der Waals surface area contributed by atoms with Gasteiger partial charge in [-0.3, -0.25) is 9.59 Å². The molecule has 1 saturated carbocycles. The zero-order valence-corrected chi connectivity index (χ0v) is 13.7. The topological polar surface area (TPSA) is 49.4 Å². The first kappa shape index (κ1) is 16.3. The van der Waals surface area contributed by atoms with E-state index >= 15 is 0 Å². The molecule has 2 aliphatic rings. The Morgan fingerprint density at radius 1 is 1.14 bits per heavy atom. The van der Waals surface area contributed by atoms with Gasteiger partial charge in [-0.15, -0.1) is 0 Å². The maximum atomic E-state index is 12.9. The van der Waals surface area contributed by atoms with Gasteiger partial charge < -0.3 is 10.2 Å². The van der Waals surface area contributed by atoms with Crippen LogP contribution in [-0.2, 0) is 9.59 Å². The quantitative estimate of drug-likeness (QED) is 0.847. The van der Waals surface area contributed by atoms with Crippen molar-refractivity contribution in [2.75, 3.05) is 6.54 Å². The molecule has 0 bridgehead atoms. The molecule has 0 aromatic rings. The molecule has 4 nitrogen and oxygen atoms in total. The molecule has 0 aromatic carbocycles. The van der Waals surface area contributed by atoms with Crippen molar-refractivity contribution in [3.05, 3.63) is 0 Å². The molecule has 2 rings (SSSR count). The lowest BCUT2D eigenvalue weighted by molar-refractivity contribution is -0.151. The van der Waals surface area contributed by atoms with Crippen LogP contribution in [0.2, 0.25) is 0 Å². The molecular weight excluding hydrogens is 264 g/mol. The third-order valence-corrected chi connectivity index (χ3v) is 5.42. The van der Waals surface area contributed by atoms with Gasteiger partial charge in [0.1, 0.15) is 12.1 Å². The van der Waals surface area contributed by atoms with Crippen LogP contribution in [0.3, 0.4) is 0 Å². The Bertz CT molecular complexity index is 373. The molecule has 0 radical (unpaired) electrons. The second kappa shape index (κ2) is 7.28. The van der Waals surface area contributed by atoms with Gasteiger partial charge in [-0.05, 0) is 31.6 Å². The van der Waals surface area contributed by atoms with Crippen molar-refractivity contribution in [3.8, 4) is 0 Å². The molecule has 120 valence electrons. The van der Waals surface area contributed by atoms with Crippen molar-refractivity contribution in [2.45, 2.75) is 77.8 Å². The molecule has 0 spiro atoms. The molecular formula is C17H30N2O2. The molecule has 2 fully saturated rings. The van der Waals surface area contributed by atoms with E-state index < -0.39 is 0 Å². The van der Waals surface area contributed by atoms with Gasteiger partial charge in [0.2, 0.25) is 11.8 Å². The van der Waals surface area contributed by atoms with E-state index in [9.17, 15) is 9.59 Å².